The molecule has 2 nitrogen and oxygen atoms in total. The summed E-state index contributed by atoms with van der Waals surface area (Å²) < 4.78 is 6.76. The van der Waals surface area contributed by atoms with Crippen LogP contribution in [0.1, 0.15) is 22.3 Å². The highest BCUT2D eigenvalue weighted by atomic mass is 16.3. The van der Waals surface area contributed by atoms with E-state index in [1.54, 1.807) is 0 Å². The lowest BCUT2D eigenvalue weighted by molar-refractivity contribution is 0.674. The first-order valence-electron chi connectivity index (χ1n) is 23.1. The van der Waals surface area contributed by atoms with Crippen LogP contribution in [-0.4, -0.2) is 0 Å². The molecule has 0 aliphatic heterocycles. The van der Waals surface area contributed by atoms with Crippen molar-refractivity contribution >= 4 is 49.8 Å². The van der Waals surface area contributed by atoms with Gasteiger partial charge >= 0.3 is 0 Å². The van der Waals surface area contributed by atoms with E-state index in [1.165, 1.54) is 61.0 Å². The third-order valence-corrected chi connectivity index (χ3v) is 14.0. The number of benzene rings is 11. The smallest absolute Gasteiger partial charge is 0.143 e. The Balaban J connectivity index is 0.922. The number of hydrogen-bond donors (Lipinski definition) is 0. The summed E-state index contributed by atoms with van der Waals surface area (Å²) in [7, 11) is 0. The lowest BCUT2D eigenvalue weighted by Gasteiger charge is -2.34. The van der Waals surface area contributed by atoms with E-state index in [9.17, 15) is 0 Å². The first-order chi connectivity index (χ1) is 33.2. The summed E-state index contributed by atoms with van der Waals surface area (Å²) in [4.78, 5) is 2.36. The minimum absolute atomic E-state index is 0.455. The molecule has 1 aromatic heterocycles. The van der Waals surface area contributed by atoms with E-state index in [2.05, 4.69) is 266 Å². The van der Waals surface area contributed by atoms with Gasteiger partial charge in [0.25, 0.3) is 0 Å². The van der Waals surface area contributed by atoms with Gasteiger partial charge in [0.1, 0.15) is 11.2 Å². The molecule has 1 heterocycles. The average molecular weight is 854 g/mol. The fraction of sp³-hybridized carbons (Fsp3) is 0.0154. The van der Waals surface area contributed by atoms with E-state index < -0.39 is 5.41 Å². The second-order valence-electron chi connectivity index (χ2n) is 17.5. The standard InChI is InChI=1S/C65H43NO/c1-4-16-44(17-5-1)45-30-37-51(38-31-45)66(53-41-34-48(35-42-53)56-26-14-27-57-58-43-36-46-18-10-11-23-55(46)64(58)67-63(56)57)52-39-32-47(33-40-52)54-25-15-29-61-62(54)59-24-12-13-28-60(59)65(61,49-19-6-2-7-20-49)50-21-8-3-9-22-50/h1-43H. The van der Waals surface area contributed by atoms with Crippen molar-refractivity contribution in [1.82, 2.24) is 0 Å². The highest BCUT2D eigenvalue weighted by Crippen LogP contribution is 2.58. The van der Waals surface area contributed by atoms with Crippen LogP contribution in [0.3, 0.4) is 0 Å². The molecular weight excluding hydrogens is 811 g/mol. The van der Waals surface area contributed by atoms with Crippen LogP contribution < -0.4 is 4.90 Å². The Morgan fingerprint density at radius 3 is 1.42 bits per heavy atom. The van der Waals surface area contributed by atoms with Crippen LogP contribution in [0.15, 0.2) is 265 Å². The molecule has 0 saturated carbocycles. The zero-order valence-corrected chi connectivity index (χ0v) is 36.7. The number of furan rings is 1. The SMILES string of the molecule is c1ccc(-c2ccc(N(c3ccc(-c4cccc5c4-c4ccccc4C5(c4ccccc4)c4ccccc4)cc3)c3ccc(-c4cccc5c4oc4c6ccccc6ccc54)cc3)cc2)cc1. The van der Waals surface area contributed by atoms with Crippen molar-refractivity contribution in [3.8, 4) is 44.5 Å². The number of anilines is 3. The molecule has 0 N–H and O–H groups in total. The Kier molecular flexibility index (Phi) is 9.11. The molecule has 12 aromatic rings. The van der Waals surface area contributed by atoms with Crippen molar-refractivity contribution in [2.24, 2.45) is 0 Å². The summed E-state index contributed by atoms with van der Waals surface area (Å²) in [5.74, 6) is 0. The van der Waals surface area contributed by atoms with E-state index in [0.717, 1.165) is 55.5 Å². The van der Waals surface area contributed by atoms with Gasteiger partial charge in [-0.05, 0) is 109 Å². The highest BCUT2D eigenvalue weighted by Gasteiger charge is 2.46. The van der Waals surface area contributed by atoms with Crippen molar-refractivity contribution in [2.75, 3.05) is 4.90 Å². The van der Waals surface area contributed by atoms with E-state index in [1.807, 2.05) is 0 Å². The van der Waals surface area contributed by atoms with Crippen LogP contribution in [0.25, 0.3) is 77.2 Å². The van der Waals surface area contributed by atoms with E-state index in [0.29, 0.717) is 0 Å². The van der Waals surface area contributed by atoms with Crippen LogP contribution in [0, 0.1) is 0 Å². The van der Waals surface area contributed by atoms with Crippen molar-refractivity contribution in [1.29, 1.82) is 0 Å². The molecule has 13 rings (SSSR count). The monoisotopic (exact) mass is 853 g/mol. The second-order valence-corrected chi connectivity index (χ2v) is 17.5. The Morgan fingerprint density at radius 1 is 0.284 bits per heavy atom. The number of hydrogen-bond acceptors (Lipinski definition) is 2. The maximum atomic E-state index is 6.76. The molecule has 0 bridgehead atoms. The molecule has 0 saturated heterocycles. The molecule has 1 aliphatic rings. The van der Waals surface area contributed by atoms with Gasteiger partial charge in [0.15, 0.2) is 0 Å². The first-order valence-corrected chi connectivity index (χ1v) is 23.1. The molecule has 11 aromatic carbocycles. The summed E-state index contributed by atoms with van der Waals surface area (Å²) >= 11 is 0. The molecule has 0 fully saturated rings. The topological polar surface area (TPSA) is 16.4 Å². The van der Waals surface area contributed by atoms with E-state index in [-0.39, 0.29) is 0 Å². The summed E-state index contributed by atoms with van der Waals surface area (Å²) in [5.41, 5.74) is 19.3. The minimum Gasteiger partial charge on any atom is -0.455 e. The third-order valence-electron chi connectivity index (χ3n) is 14.0. The van der Waals surface area contributed by atoms with Crippen LogP contribution in [0.4, 0.5) is 17.1 Å². The van der Waals surface area contributed by atoms with Gasteiger partial charge < -0.3 is 9.32 Å². The van der Waals surface area contributed by atoms with Crippen molar-refractivity contribution in [2.45, 2.75) is 5.41 Å². The number of nitrogens with zero attached hydrogens (tertiary/aromatic N) is 1. The predicted molar refractivity (Wildman–Crippen MR) is 280 cm³/mol. The lowest BCUT2D eigenvalue weighted by atomic mass is 9.67. The molecule has 0 spiro atoms. The maximum absolute atomic E-state index is 6.76. The molecular formula is C65H43NO. The Bertz CT molecular complexity index is 3720. The number of rotatable bonds is 8. The van der Waals surface area contributed by atoms with Crippen molar-refractivity contribution in [3.63, 3.8) is 0 Å². The fourth-order valence-corrected chi connectivity index (χ4v) is 10.9. The summed E-state index contributed by atoms with van der Waals surface area (Å²) in [5, 5.41) is 4.57. The summed E-state index contributed by atoms with van der Waals surface area (Å²) in [6.07, 6.45) is 0. The number of fused-ring (bicyclic) bond motifs is 8. The van der Waals surface area contributed by atoms with Crippen LogP contribution in [-0.2, 0) is 5.41 Å². The number of para-hydroxylation sites is 1. The Hall–Kier alpha value is -8.72. The normalized spacial score (nSPS) is 12.6. The quantitative estimate of drug-likeness (QED) is 0.151. The van der Waals surface area contributed by atoms with Gasteiger partial charge in [-0.25, -0.2) is 0 Å². The second kappa shape index (κ2) is 15.8. The highest BCUT2D eigenvalue weighted by molar-refractivity contribution is 6.17. The van der Waals surface area contributed by atoms with Crippen molar-refractivity contribution in [3.05, 3.63) is 283 Å². The molecule has 1 aliphatic carbocycles. The van der Waals surface area contributed by atoms with Gasteiger partial charge in [-0.2, -0.15) is 0 Å². The third kappa shape index (κ3) is 6.18. The van der Waals surface area contributed by atoms with E-state index >= 15 is 0 Å². The van der Waals surface area contributed by atoms with Gasteiger partial charge in [0.2, 0.25) is 0 Å². The molecule has 67 heavy (non-hydrogen) atoms. The first kappa shape index (κ1) is 38.7. The van der Waals surface area contributed by atoms with Crippen LogP contribution >= 0.6 is 0 Å². The molecule has 314 valence electrons. The van der Waals surface area contributed by atoms with Crippen LogP contribution in [0.2, 0.25) is 0 Å². The van der Waals surface area contributed by atoms with Gasteiger partial charge in [0, 0.05) is 38.8 Å². The molecule has 0 radical (unpaired) electrons. The summed E-state index contributed by atoms with van der Waals surface area (Å²) in [6.45, 7) is 0. The Labute approximate surface area is 390 Å². The zero-order chi connectivity index (χ0) is 44.3. The van der Waals surface area contributed by atoms with E-state index in [4.69, 9.17) is 4.42 Å². The zero-order valence-electron chi connectivity index (χ0n) is 36.7. The average Bonchev–Trinajstić information content (AvgIpc) is 3.95. The molecule has 0 amide bonds. The van der Waals surface area contributed by atoms with Gasteiger partial charge in [0.05, 0.1) is 5.41 Å². The fourth-order valence-electron chi connectivity index (χ4n) is 10.9. The molecule has 2 heteroatoms. The molecule has 0 unspecified atom stereocenters. The minimum atomic E-state index is -0.455. The van der Waals surface area contributed by atoms with Crippen molar-refractivity contribution < 1.29 is 4.42 Å². The largest absolute Gasteiger partial charge is 0.455 e. The lowest BCUT2D eigenvalue weighted by Crippen LogP contribution is -2.28. The van der Waals surface area contributed by atoms with Gasteiger partial charge in [-0.1, -0.05) is 218 Å². The molecule has 0 atom stereocenters. The van der Waals surface area contributed by atoms with Gasteiger partial charge in [-0.15, -0.1) is 0 Å². The van der Waals surface area contributed by atoms with Crippen LogP contribution in [0.5, 0.6) is 0 Å². The van der Waals surface area contributed by atoms with Gasteiger partial charge in [-0.3, -0.25) is 0 Å². The maximum Gasteiger partial charge on any atom is 0.143 e. The Morgan fingerprint density at radius 2 is 0.746 bits per heavy atom. The predicted octanol–water partition coefficient (Wildman–Crippen LogP) is 17.6. The summed E-state index contributed by atoms with van der Waals surface area (Å²) in [6, 6.07) is 94.8.